The van der Waals surface area contributed by atoms with Crippen LogP contribution in [0.2, 0.25) is 0 Å². The minimum Gasteiger partial charge on any atom is -0.465 e. The average Bonchev–Trinajstić information content (AvgIpc) is 3.19. The zero-order valence-corrected chi connectivity index (χ0v) is 17.0. The number of hydrogen-bond acceptors (Lipinski definition) is 8. The van der Waals surface area contributed by atoms with Crippen molar-refractivity contribution < 1.29 is 19.2 Å². The van der Waals surface area contributed by atoms with Crippen LogP contribution < -0.4 is 5.32 Å². The third-order valence-corrected chi connectivity index (χ3v) is 5.21. The summed E-state index contributed by atoms with van der Waals surface area (Å²) in [5.74, 6) is -1.19. The summed E-state index contributed by atoms with van der Waals surface area (Å²) < 4.78 is 4.59. The number of hydrogen-bond donors (Lipinski definition) is 1. The molecule has 1 atom stereocenters. The lowest BCUT2D eigenvalue weighted by atomic mass is 9.98. The summed E-state index contributed by atoms with van der Waals surface area (Å²) in [6, 6.07) is 13.3. The Hall–Kier alpha value is -3.66. The lowest BCUT2D eigenvalue weighted by Gasteiger charge is -2.08. The Labute approximate surface area is 175 Å². The maximum atomic E-state index is 12.6. The van der Waals surface area contributed by atoms with E-state index in [-0.39, 0.29) is 22.2 Å². The summed E-state index contributed by atoms with van der Waals surface area (Å²) in [5, 5.41) is 22.8. The topological polar surface area (TPSA) is 124 Å². The summed E-state index contributed by atoms with van der Waals surface area (Å²) in [7, 11) is 1.15. The van der Waals surface area contributed by atoms with Gasteiger partial charge in [-0.2, -0.15) is 0 Å². The second kappa shape index (κ2) is 9.23. The van der Waals surface area contributed by atoms with Crippen molar-refractivity contribution in [3.05, 3.63) is 80.3 Å². The van der Waals surface area contributed by atoms with Gasteiger partial charge in [0.05, 0.1) is 17.6 Å². The van der Waals surface area contributed by atoms with Gasteiger partial charge < -0.3 is 4.74 Å². The first kappa shape index (κ1) is 21.1. The number of non-ortho nitro benzene ring substituents is 1. The number of carbonyl (C=O) groups excluding carboxylic acids is 2. The highest BCUT2D eigenvalue weighted by Gasteiger charge is 2.19. The smallest absolute Gasteiger partial charge is 0.338 e. The number of benzene rings is 2. The molecule has 0 bridgehead atoms. The van der Waals surface area contributed by atoms with Gasteiger partial charge >= 0.3 is 5.97 Å². The van der Waals surface area contributed by atoms with Gasteiger partial charge in [-0.1, -0.05) is 48.6 Å². The predicted octanol–water partition coefficient (Wildman–Crippen LogP) is 3.83. The molecule has 10 heteroatoms. The number of nitro benzene ring substituents is 1. The molecule has 3 aromatic rings. The highest BCUT2D eigenvalue weighted by atomic mass is 32.1. The summed E-state index contributed by atoms with van der Waals surface area (Å²) in [6.07, 6.45) is 0.654. The van der Waals surface area contributed by atoms with E-state index in [1.165, 1.54) is 23.0 Å². The van der Waals surface area contributed by atoms with E-state index in [2.05, 4.69) is 27.2 Å². The van der Waals surface area contributed by atoms with E-state index >= 15 is 0 Å². The fraction of sp³-hybridized carbons (Fsp3) is 0.200. The van der Waals surface area contributed by atoms with E-state index in [1.807, 2.05) is 30.3 Å². The van der Waals surface area contributed by atoms with Gasteiger partial charge in [-0.25, -0.2) is 4.79 Å². The number of nitrogens with one attached hydrogen (secondary N) is 1. The molecule has 30 heavy (non-hydrogen) atoms. The molecule has 0 aliphatic carbocycles. The number of nitrogens with zero attached hydrogens (tertiary/aromatic N) is 3. The molecule has 0 saturated heterocycles. The van der Waals surface area contributed by atoms with Crippen molar-refractivity contribution in [2.24, 2.45) is 0 Å². The number of aromatic nitrogens is 2. The van der Waals surface area contributed by atoms with Gasteiger partial charge in [-0.05, 0) is 17.5 Å². The Balaban J connectivity index is 1.74. The normalized spacial score (nSPS) is 11.5. The standard InChI is InChI=1S/C20H18N4O5S/c1-12(13-6-4-3-5-7-13)8-17-22-23-20(30-17)21-18(25)14-9-15(19(26)29-2)11-16(10-14)24(27)28/h3-7,9-12H,8H2,1-2H3,(H,21,23,25). The largest absolute Gasteiger partial charge is 0.465 e. The molecule has 3 rings (SSSR count). The van der Waals surface area contributed by atoms with Crippen LogP contribution in [0, 0.1) is 10.1 Å². The SMILES string of the molecule is COC(=O)c1cc(C(=O)Nc2nnc(CC(C)c3ccccc3)s2)cc([N+](=O)[O-])c1. The second-order valence-electron chi connectivity index (χ2n) is 6.49. The molecule has 1 unspecified atom stereocenters. The van der Waals surface area contributed by atoms with Crippen molar-refractivity contribution in [2.45, 2.75) is 19.3 Å². The van der Waals surface area contributed by atoms with Crippen LogP contribution in [0.5, 0.6) is 0 Å². The van der Waals surface area contributed by atoms with E-state index in [4.69, 9.17) is 0 Å². The fourth-order valence-corrected chi connectivity index (χ4v) is 3.66. The highest BCUT2D eigenvalue weighted by Crippen LogP contribution is 2.25. The average molecular weight is 426 g/mol. The van der Waals surface area contributed by atoms with Crippen LogP contribution in [0.4, 0.5) is 10.8 Å². The number of esters is 1. The van der Waals surface area contributed by atoms with E-state index in [1.54, 1.807) is 0 Å². The Morgan fingerprint density at radius 1 is 1.17 bits per heavy atom. The minimum absolute atomic E-state index is 0.0565. The molecule has 2 aromatic carbocycles. The maximum Gasteiger partial charge on any atom is 0.338 e. The molecule has 9 nitrogen and oxygen atoms in total. The first-order valence-corrected chi connectivity index (χ1v) is 9.75. The van der Waals surface area contributed by atoms with Crippen molar-refractivity contribution in [1.82, 2.24) is 10.2 Å². The molecule has 1 aromatic heterocycles. The number of nitro groups is 1. The summed E-state index contributed by atoms with van der Waals surface area (Å²) in [5.41, 5.74) is 0.633. The molecule has 1 heterocycles. The number of amides is 1. The van der Waals surface area contributed by atoms with Crippen LogP contribution in [-0.4, -0.2) is 34.1 Å². The molecule has 0 radical (unpaired) electrons. The number of carbonyl (C=O) groups is 2. The van der Waals surface area contributed by atoms with Crippen LogP contribution in [0.3, 0.4) is 0 Å². The van der Waals surface area contributed by atoms with Crippen LogP contribution in [0.1, 0.15) is 44.1 Å². The fourth-order valence-electron chi connectivity index (χ4n) is 2.80. The van der Waals surface area contributed by atoms with Gasteiger partial charge in [0.1, 0.15) is 5.01 Å². The van der Waals surface area contributed by atoms with Gasteiger partial charge in [0.25, 0.3) is 11.6 Å². The first-order chi connectivity index (χ1) is 14.4. The lowest BCUT2D eigenvalue weighted by Crippen LogP contribution is -2.14. The van der Waals surface area contributed by atoms with Gasteiger partial charge in [-0.3, -0.25) is 20.2 Å². The predicted molar refractivity (Wildman–Crippen MR) is 111 cm³/mol. The van der Waals surface area contributed by atoms with E-state index in [0.29, 0.717) is 6.42 Å². The third kappa shape index (κ3) is 5.03. The van der Waals surface area contributed by atoms with Gasteiger partial charge in [0, 0.05) is 24.1 Å². The molecule has 1 N–H and O–H groups in total. The second-order valence-corrected chi connectivity index (χ2v) is 7.55. The van der Waals surface area contributed by atoms with Gasteiger partial charge in [0.2, 0.25) is 5.13 Å². The Bertz CT molecular complexity index is 1080. The van der Waals surface area contributed by atoms with Crippen molar-refractivity contribution in [2.75, 3.05) is 12.4 Å². The van der Waals surface area contributed by atoms with E-state index in [9.17, 15) is 19.7 Å². The summed E-state index contributed by atoms with van der Waals surface area (Å²) in [6.45, 7) is 2.08. The molecule has 0 aliphatic rings. The molecule has 0 fully saturated rings. The highest BCUT2D eigenvalue weighted by molar-refractivity contribution is 7.15. The lowest BCUT2D eigenvalue weighted by molar-refractivity contribution is -0.384. The Kier molecular flexibility index (Phi) is 6.48. The molecular weight excluding hydrogens is 408 g/mol. The van der Waals surface area contributed by atoms with Crippen molar-refractivity contribution in [3.63, 3.8) is 0 Å². The zero-order valence-electron chi connectivity index (χ0n) is 16.2. The van der Waals surface area contributed by atoms with Crippen LogP contribution >= 0.6 is 11.3 Å². The van der Waals surface area contributed by atoms with E-state index in [0.717, 1.165) is 24.3 Å². The van der Waals surface area contributed by atoms with E-state index < -0.39 is 22.5 Å². The Morgan fingerprint density at radius 3 is 2.53 bits per heavy atom. The van der Waals surface area contributed by atoms with Crippen LogP contribution in [0.15, 0.2) is 48.5 Å². The van der Waals surface area contributed by atoms with Crippen molar-refractivity contribution >= 4 is 34.0 Å². The van der Waals surface area contributed by atoms with Crippen molar-refractivity contribution in [3.8, 4) is 0 Å². The zero-order chi connectivity index (χ0) is 21.7. The van der Waals surface area contributed by atoms with Crippen LogP contribution in [-0.2, 0) is 11.2 Å². The van der Waals surface area contributed by atoms with Crippen LogP contribution in [0.25, 0.3) is 0 Å². The number of ether oxygens (including phenoxy) is 1. The monoisotopic (exact) mass is 426 g/mol. The van der Waals surface area contributed by atoms with Gasteiger partial charge in [-0.15, -0.1) is 10.2 Å². The number of rotatable bonds is 7. The molecule has 1 amide bonds. The number of methoxy groups -OCH3 is 1. The molecule has 0 aliphatic heterocycles. The first-order valence-electron chi connectivity index (χ1n) is 8.94. The summed E-state index contributed by atoms with van der Waals surface area (Å²) in [4.78, 5) is 34.7. The molecular formula is C20H18N4O5S. The third-order valence-electron chi connectivity index (χ3n) is 4.35. The van der Waals surface area contributed by atoms with Gasteiger partial charge in [0.15, 0.2) is 0 Å². The molecule has 154 valence electrons. The minimum atomic E-state index is -0.777. The summed E-state index contributed by atoms with van der Waals surface area (Å²) >= 11 is 1.22. The van der Waals surface area contributed by atoms with Crippen molar-refractivity contribution in [1.29, 1.82) is 0 Å². The molecule has 0 spiro atoms. The molecule has 0 saturated carbocycles. The number of anilines is 1. The maximum absolute atomic E-state index is 12.6. The Morgan fingerprint density at radius 2 is 1.87 bits per heavy atom. The quantitative estimate of drug-likeness (QED) is 0.346.